The van der Waals surface area contributed by atoms with Gasteiger partial charge >= 0.3 is 0 Å². The van der Waals surface area contributed by atoms with Crippen molar-refractivity contribution in [3.05, 3.63) is 30.1 Å². The predicted octanol–water partition coefficient (Wildman–Crippen LogP) is 1.81. The molecule has 0 bridgehead atoms. The maximum Gasteiger partial charge on any atom is 0.0594 e. The van der Waals surface area contributed by atoms with Crippen LogP contribution in [0.5, 0.6) is 0 Å². The number of likely N-dealkylation sites (tertiary alicyclic amines) is 1. The Hall–Kier alpha value is -0.970. The standard InChI is InChI=1S/C17H27N3O/c1-2-9-20(10-6-16-4-7-18-8-5-16)17(3-1)15-19-11-13-21-14-12-19/h4-5,7-8,17H,1-3,6,9-15H2. The molecule has 1 unspecified atom stereocenters. The smallest absolute Gasteiger partial charge is 0.0594 e. The van der Waals surface area contributed by atoms with Crippen LogP contribution in [0, 0.1) is 0 Å². The van der Waals surface area contributed by atoms with Gasteiger partial charge in [-0.25, -0.2) is 0 Å². The van der Waals surface area contributed by atoms with Crippen molar-refractivity contribution in [2.75, 3.05) is 45.9 Å². The minimum absolute atomic E-state index is 0.735. The number of hydrogen-bond donors (Lipinski definition) is 0. The van der Waals surface area contributed by atoms with E-state index in [4.69, 9.17) is 4.74 Å². The van der Waals surface area contributed by atoms with E-state index in [1.54, 1.807) is 0 Å². The third-order valence-corrected chi connectivity index (χ3v) is 4.76. The van der Waals surface area contributed by atoms with Gasteiger partial charge in [0.25, 0.3) is 0 Å². The quantitative estimate of drug-likeness (QED) is 0.826. The van der Waals surface area contributed by atoms with Crippen LogP contribution in [-0.4, -0.2) is 66.8 Å². The lowest BCUT2D eigenvalue weighted by Gasteiger charge is -2.39. The molecule has 21 heavy (non-hydrogen) atoms. The summed E-state index contributed by atoms with van der Waals surface area (Å²) in [6, 6.07) is 5.01. The van der Waals surface area contributed by atoms with E-state index in [-0.39, 0.29) is 0 Å². The van der Waals surface area contributed by atoms with Gasteiger partial charge in [0.2, 0.25) is 0 Å². The van der Waals surface area contributed by atoms with Crippen molar-refractivity contribution in [2.45, 2.75) is 31.7 Å². The Balaban J connectivity index is 1.51. The second kappa shape index (κ2) is 7.87. The molecule has 0 aliphatic carbocycles. The molecule has 0 radical (unpaired) electrons. The Morgan fingerprint density at radius 2 is 1.90 bits per heavy atom. The van der Waals surface area contributed by atoms with E-state index < -0.39 is 0 Å². The lowest BCUT2D eigenvalue weighted by molar-refractivity contribution is 0.0169. The topological polar surface area (TPSA) is 28.6 Å². The van der Waals surface area contributed by atoms with Crippen LogP contribution in [0.25, 0.3) is 0 Å². The zero-order valence-corrected chi connectivity index (χ0v) is 12.9. The highest BCUT2D eigenvalue weighted by Gasteiger charge is 2.24. The summed E-state index contributed by atoms with van der Waals surface area (Å²) >= 11 is 0. The molecule has 1 atom stereocenters. The number of rotatable bonds is 5. The Kier molecular flexibility index (Phi) is 5.60. The van der Waals surface area contributed by atoms with Crippen molar-refractivity contribution in [3.8, 4) is 0 Å². The van der Waals surface area contributed by atoms with Crippen LogP contribution < -0.4 is 0 Å². The number of hydrogen-bond acceptors (Lipinski definition) is 4. The Morgan fingerprint density at radius 1 is 1.10 bits per heavy atom. The summed E-state index contributed by atoms with van der Waals surface area (Å²) in [6.45, 7) is 7.69. The lowest BCUT2D eigenvalue weighted by atomic mass is 10.0. The van der Waals surface area contributed by atoms with Gasteiger partial charge in [0.1, 0.15) is 0 Å². The first-order valence-electron chi connectivity index (χ1n) is 8.35. The molecule has 2 saturated heterocycles. The lowest BCUT2D eigenvalue weighted by Crippen LogP contribution is -2.49. The fourth-order valence-electron chi connectivity index (χ4n) is 3.47. The molecule has 3 rings (SSSR count). The molecule has 3 heterocycles. The van der Waals surface area contributed by atoms with Gasteiger partial charge in [-0.15, -0.1) is 0 Å². The average molecular weight is 289 g/mol. The molecule has 1 aromatic heterocycles. The summed E-state index contributed by atoms with van der Waals surface area (Å²) in [4.78, 5) is 9.39. The second-order valence-electron chi connectivity index (χ2n) is 6.20. The van der Waals surface area contributed by atoms with Crippen molar-refractivity contribution in [3.63, 3.8) is 0 Å². The first-order valence-corrected chi connectivity index (χ1v) is 8.35. The fraction of sp³-hybridized carbons (Fsp3) is 0.706. The molecule has 0 N–H and O–H groups in total. The van der Waals surface area contributed by atoms with Gasteiger partial charge in [0, 0.05) is 44.6 Å². The number of nitrogens with zero attached hydrogens (tertiary/aromatic N) is 3. The third-order valence-electron chi connectivity index (χ3n) is 4.76. The molecule has 2 aliphatic heterocycles. The van der Waals surface area contributed by atoms with E-state index in [1.165, 1.54) is 44.5 Å². The maximum atomic E-state index is 5.46. The normalized spacial score (nSPS) is 25.0. The van der Waals surface area contributed by atoms with Crippen LogP contribution in [-0.2, 0) is 11.2 Å². The van der Waals surface area contributed by atoms with Crippen molar-refractivity contribution in [2.24, 2.45) is 0 Å². The zero-order valence-electron chi connectivity index (χ0n) is 12.9. The summed E-state index contributed by atoms with van der Waals surface area (Å²) in [6.07, 6.45) is 9.04. The highest BCUT2D eigenvalue weighted by atomic mass is 16.5. The molecular weight excluding hydrogens is 262 g/mol. The van der Waals surface area contributed by atoms with E-state index in [0.717, 1.165) is 38.8 Å². The molecule has 0 amide bonds. The zero-order chi connectivity index (χ0) is 14.3. The summed E-state index contributed by atoms with van der Waals surface area (Å²) in [7, 11) is 0. The van der Waals surface area contributed by atoms with Gasteiger partial charge in [-0.1, -0.05) is 6.42 Å². The fourth-order valence-corrected chi connectivity index (χ4v) is 3.47. The van der Waals surface area contributed by atoms with Crippen LogP contribution in [0.15, 0.2) is 24.5 Å². The number of ether oxygens (including phenoxy) is 1. The number of pyridine rings is 1. The van der Waals surface area contributed by atoms with Crippen LogP contribution in [0.2, 0.25) is 0 Å². The first kappa shape index (κ1) is 14.9. The maximum absolute atomic E-state index is 5.46. The molecule has 2 aliphatic rings. The van der Waals surface area contributed by atoms with Gasteiger partial charge in [-0.2, -0.15) is 0 Å². The van der Waals surface area contributed by atoms with Crippen molar-refractivity contribution in [1.29, 1.82) is 0 Å². The van der Waals surface area contributed by atoms with Crippen molar-refractivity contribution >= 4 is 0 Å². The SMILES string of the molecule is c1cc(CCN2CCCCC2CN2CCOCC2)ccn1. The molecule has 0 saturated carbocycles. The molecule has 0 spiro atoms. The highest BCUT2D eigenvalue weighted by Crippen LogP contribution is 2.19. The molecule has 4 heteroatoms. The summed E-state index contributed by atoms with van der Waals surface area (Å²) < 4.78 is 5.46. The van der Waals surface area contributed by atoms with E-state index in [0.29, 0.717) is 0 Å². The van der Waals surface area contributed by atoms with Crippen LogP contribution in [0.4, 0.5) is 0 Å². The minimum atomic E-state index is 0.735. The number of piperidine rings is 1. The molecule has 0 aromatic carbocycles. The van der Waals surface area contributed by atoms with E-state index in [1.807, 2.05) is 12.4 Å². The van der Waals surface area contributed by atoms with Gasteiger partial charge in [-0.3, -0.25) is 14.8 Å². The first-order chi connectivity index (χ1) is 10.4. The predicted molar refractivity (Wildman–Crippen MR) is 84.4 cm³/mol. The van der Waals surface area contributed by atoms with E-state index in [9.17, 15) is 0 Å². The van der Waals surface area contributed by atoms with Crippen molar-refractivity contribution in [1.82, 2.24) is 14.8 Å². The number of aromatic nitrogens is 1. The summed E-state index contributed by atoms with van der Waals surface area (Å²) in [5.41, 5.74) is 1.40. The molecular formula is C17H27N3O. The average Bonchev–Trinajstić information content (AvgIpc) is 2.56. The van der Waals surface area contributed by atoms with Crippen LogP contribution >= 0.6 is 0 Å². The second-order valence-corrected chi connectivity index (χ2v) is 6.20. The van der Waals surface area contributed by atoms with Crippen molar-refractivity contribution < 1.29 is 4.74 Å². The minimum Gasteiger partial charge on any atom is -0.379 e. The Morgan fingerprint density at radius 3 is 2.71 bits per heavy atom. The molecule has 2 fully saturated rings. The monoisotopic (exact) mass is 289 g/mol. The Labute approximate surface area is 128 Å². The van der Waals surface area contributed by atoms with Crippen LogP contribution in [0.3, 0.4) is 0 Å². The third kappa shape index (κ3) is 4.50. The summed E-state index contributed by atoms with van der Waals surface area (Å²) in [5.74, 6) is 0. The molecule has 4 nitrogen and oxygen atoms in total. The molecule has 1 aromatic rings. The van der Waals surface area contributed by atoms with Gasteiger partial charge in [-0.05, 0) is 43.5 Å². The van der Waals surface area contributed by atoms with E-state index in [2.05, 4.69) is 26.9 Å². The highest BCUT2D eigenvalue weighted by molar-refractivity contribution is 5.10. The Bertz CT molecular complexity index is 406. The number of morpholine rings is 1. The van der Waals surface area contributed by atoms with Gasteiger partial charge < -0.3 is 4.74 Å². The largest absolute Gasteiger partial charge is 0.379 e. The van der Waals surface area contributed by atoms with E-state index >= 15 is 0 Å². The summed E-state index contributed by atoms with van der Waals surface area (Å²) in [5, 5.41) is 0. The van der Waals surface area contributed by atoms with Gasteiger partial charge in [0.15, 0.2) is 0 Å². The van der Waals surface area contributed by atoms with Crippen LogP contribution in [0.1, 0.15) is 24.8 Å². The van der Waals surface area contributed by atoms with Gasteiger partial charge in [0.05, 0.1) is 13.2 Å². The molecule has 116 valence electrons.